The first kappa shape index (κ1) is 22.3. The Hall–Kier alpha value is -2.85. The van der Waals surface area contributed by atoms with Crippen molar-refractivity contribution in [3.05, 3.63) is 40.7 Å². The summed E-state index contributed by atoms with van der Waals surface area (Å²) in [4.78, 5) is 29.7. The number of amides is 1. The van der Waals surface area contributed by atoms with E-state index in [4.69, 9.17) is 9.47 Å². The number of ether oxygens (including phenoxy) is 2. The van der Waals surface area contributed by atoms with Crippen LogP contribution in [0.1, 0.15) is 45.4 Å². The summed E-state index contributed by atoms with van der Waals surface area (Å²) >= 11 is 0. The second-order valence-electron chi connectivity index (χ2n) is 8.04. The minimum atomic E-state index is -3.74. The monoisotopic (exact) mass is 461 g/mol. The Morgan fingerprint density at radius 3 is 2.28 bits per heavy atom. The lowest BCUT2D eigenvalue weighted by atomic mass is 10.1. The zero-order valence-electron chi connectivity index (χ0n) is 18.4. The van der Waals surface area contributed by atoms with E-state index in [0.29, 0.717) is 47.2 Å². The summed E-state index contributed by atoms with van der Waals surface area (Å²) in [7, 11) is -3.74. The van der Waals surface area contributed by atoms with Crippen LogP contribution < -0.4 is 9.47 Å². The van der Waals surface area contributed by atoms with E-state index in [1.54, 1.807) is 24.8 Å². The minimum absolute atomic E-state index is 0.0960. The molecule has 2 aromatic rings. The molecule has 1 aromatic carbocycles. The molecular formula is C22H27N3O6S. The summed E-state index contributed by atoms with van der Waals surface area (Å²) in [5.74, 6) is 0.640. The Labute approximate surface area is 187 Å². The molecule has 10 heteroatoms. The number of carbonyl (C=O) groups is 2. The van der Waals surface area contributed by atoms with Crippen LogP contribution in [0.25, 0.3) is 0 Å². The van der Waals surface area contributed by atoms with Crippen LogP contribution in [0.5, 0.6) is 11.5 Å². The maximum absolute atomic E-state index is 13.2. The van der Waals surface area contributed by atoms with Crippen molar-refractivity contribution in [3.63, 3.8) is 0 Å². The van der Waals surface area contributed by atoms with Crippen LogP contribution in [-0.2, 0) is 10.0 Å². The van der Waals surface area contributed by atoms with Gasteiger partial charge in [-0.3, -0.25) is 9.59 Å². The first-order chi connectivity index (χ1) is 15.2. The first-order valence-electron chi connectivity index (χ1n) is 10.6. The molecular weight excluding hydrogens is 434 g/mol. The number of aromatic amines is 1. The van der Waals surface area contributed by atoms with Crippen molar-refractivity contribution >= 4 is 21.7 Å². The fourth-order valence-electron chi connectivity index (χ4n) is 4.23. The average Bonchev–Trinajstić information content (AvgIpc) is 2.92. The Morgan fingerprint density at radius 1 is 1.00 bits per heavy atom. The highest BCUT2D eigenvalue weighted by molar-refractivity contribution is 7.89. The van der Waals surface area contributed by atoms with Crippen LogP contribution >= 0.6 is 0 Å². The fourth-order valence-corrected chi connectivity index (χ4v) is 5.67. The summed E-state index contributed by atoms with van der Waals surface area (Å²) in [6.45, 7) is 6.87. The number of aryl methyl sites for hydroxylation is 1. The topological polar surface area (TPSA) is 109 Å². The van der Waals surface area contributed by atoms with Crippen LogP contribution in [-0.4, -0.2) is 73.7 Å². The van der Waals surface area contributed by atoms with Crippen LogP contribution in [0.2, 0.25) is 0 Å². The summed E-state index contributed by atoms with van der Waals surface area (Å²) in [6, 6.07) is 4.65. The fraction of sp³-hybridized carbons (Fsp3) is 0.455. The van der Waals surface area contributed by atoms with E-state index in [-0.39, 0.29) is 42.8 Å². The Morgan fingerprint density at radius 2 is 1.66 bits per heavy atom. The molecule has 0 atom stereocenters. The summed E-state index contributed by atoms with van der Waals surface area (Å²) in [5.41, 5.74) is 2.20. The molecule has 0 spiro atoms. The third kappa shape index (κ3) is 4.00. The van der Waals surface area contributed by atoms with Gasteiger partial charge in [0, 0.05) is 49.9 Å². The molecule has 0 saturated carbocycles. The standard InChI is InChI=1S/C22H27N3O6S/c1-14-20(16(3)26)15(2)23-21(14)22(27)24-7-9-25(10-8-24)32(28,29)17-5-6-18-19(13-17)31-12-4-11-30-18/h5-6,13,23H,4,7-12H2,1-3H3. The van der Waals surface area contributed by atoms with Gasteiger partial charge < -0.3 is 19.4 Å². The molecule has 1 fully saturated rings. The normalized spacial score (nSPS) is 17.2. The maximum atomic E-state index is 13.2. The lowest BCUT2D eigenvalue weighted by Crippen LogP contribution is -2.50. The smallest absolute Gasteiger partial charge is 0.270 e. The lowest BCUT2D eigenvalue weighted by molar-refractivity contribution is 0.0691. The Kier molecular flexibility index (Phi) is 6.00. The van der Waals surface area contributed by atoms with Gasteiger partial charge in [-0.2, -0.15) is 4.31 Å². The van der Waals surface area contributed by atoms with Crippen molar-refractivity contribution in [1.82, 2.24) is 14.2 Å². The number of hydrogen-bond acceptors (Lipinski definition) is 6. The van der Waals surface area contributed by atoms with E-state index in [2.05, 4.69) is 4.98 Å². The molecule has 4 rings (SSSR count). The number of hydrogen-bond donors (Lipinski definition) is 1. The molecule has 1 saturated heterocycles. The minimum Gasteiger partial charge on any atom is -0.490 e. The van der Waals surface area contributed by atoms with E-state index in [9.17, 15) is 18.0 Å². The van der Waals surface area contributed by atoms with Gasteiger partial charge in [-0.25, -0.2) is 8.42 Å². The zero-order chi connectivity index (χ0) is 23.0. The first-order valence-corrected chi connectivity index (χ1v) is 12.0. The van der Waals surface area contributed by atoms with Gasteiger partial charge in [-0.05, 0) is 38.5 Å². The lowest BCUT2D eigenvalue weighted by Gasteiger charge is -2.34. The molecule has 172 valence electrons. The van der Waals surface area contributed by atoms with Crippen molar-refractivity contribution in [3.8, 4) is 11.5 Å². The molecule has 0 radical (unpaired) electrons. The number of aromatic nitrogens is 1. The predicted octanol–water partition coefficient (Wildman–Crippen LogP) is 2.14. The van der Waals surface area contributed by atoms with E-state index >= 15 is 0 Å². The highest BCUT2D eigenvalue weighted by Gasteiger charge is 2.32. The van der Waals surface area contributed by atoms with E-state index in [1.165, 1.54) is 23.4 Å². The largest absolute Gasteiger partial charge is 0.490 e. The number of carbonyl (C=O) groups excluding carboxylic acids is 2. The predicted molar refractivity (Wildman–Crippen MR) is 117 cm³/mol. The van der Waals surface area contributed by atoms with Gasteiger partial charge >= 0.3 is 0 Å². The summed E-state index contributed by atoms with van der Waals surface area (Å²) in [6.07, 6.45) is 0.737. The molecule has 0 aliphatic carbocycles. The Bertz CT molecular complexity index is 1160. The third-order valence-corrected chi connectivity index (χ3v) is 7.78. The number of nitrogens with zero attached hydrogens (tertiary/aromatic N) is 2. The molecule has 2 aliphatic rings. The average molecular weight is 462 g/mol. The van der Waals surface area contributed by atoms with Gasteiger partial charge in [0.15, 0.2) is 17.3 Å². The van der Waals surface area contributed by atoms with Crippen LogP contribution in [0.15, 0.2) is 23.1 Å². The molecule has 32 heavy (non-hydrogen) atoms. The van der Waals surface area contributed by atoms with Crippen molar-refractivity contribution < 1.29 is 27.5 Å². The van der Waals surface area contributed by atoms with Gasteiger partial charge in [0.2, 0.25) is 10.0 Å². The summed E-state index contributed by atoms with van der Waals surface area (Å²) in [5, 5.41) is 0. The second kappa shape index (κ2) is 8.59. The second-order valence-corrected chi connectivity index (χ2v) is 9.97. The molecule has 3 heterocycles. The number of rotatable bonds is 4. The number of H-pyrrole nitrogens is 1. The Balaban J connectivity index is 1.48. The molecule has 0 bridgehead atoms. The number of nitrogens with one attached hydrogen (secondary N) is 1. The number of ketones is 1. The van der Waals surface area contributed by atoms with Crippen LogP contribution in [0, 0.1) is 13.8 Å². The van der Waals surface area contributed by atoms with Crippen molar-refractivity contribution in [1.29, 1.82) is 0 Å². The van der Waals surface area contributed by atoms with Crippen LogP contribution in [0.4, 0.5) is 0 Å². The molecule has 1 aromatic heterocycles. The van der Waals surface area contributed by atoms with Gasteiger partial charge in [-0.1, -0.05) is 0 Å². The molecule has 0 unspecified atom stereocenters. The number of fused-ring (bicyclic) bond motifs is 1. The molecule has 9 nitrogen and oxygen atoms in total. The van der Waals surface area contributed by atoms with Crippen molar-refractivity contribution in [2.75, 3.05) is 39.4 Å². The van der Waals surface area contributed by atoms with Gasteiger partial charge in [0.05, 0.1) is 18.1 Å². The van der Waals surface area contributed by atoms with Crippen LogP contribution in [0.3, 0.4) is 0 Å². The zero-order valence-corrected chi connectivity index (χ0v) is 19.3. The number of piperazine rings is 1. The van der Waals surface area contributed by atoms with Crippen molar-refractivity contribution in [2.24, 2.45) is 0 Å². The molecule has 1 amide bonds. The molecule has 2 aliphatic heterocycles. The quantitative estimate of drug-likeness (QED) is 0.699. The summed E-state index contributed by atoms with van der Waals surface area (Å²) < 4.78 is 38.9. The maximum Gasteiger partial charge on any atom is 0.270 e. The number of sulfonamides is 1. The van der Waals surface area contributed by atoms with Gasteiger partial charge in [-0.15, -0.1) is 0 Å². The third-order valence-electron chi connectivity index (χ3n) is 5.89. The van der Waals surface area contributed by atoms with E-state index < -0.39 is 10.0 Å². The number of benzene rings is 1. The highest BCUT2D eigenvalue weighted by atomic mass is 32.2. The number of Topliss-reactive ketones (excluding diaryl/α,β-unsaturated/α-hetero) is 1. The van der Waals surface area contributed by atoms with Gasteiger partial charge in [0.1, 0.15) is 5.69 Å². The van der Waals surface area contributed by atoms with E-state index in [0.717, 1.165) is 6.42 Å². The van der Waals surface area contributed by atoms with E-state index in [1.807, 2.05) is 0 Å². The highest BCUT2D eigenvalue weighted by Crippen LogP contribution is 2.33. The molecule has 1 N–H and O–H groups in total. The van der Waals surface area contributed by atoms with Gasteiger partial charge in [0.25, 0.3) is 5.91 Å². The SMILES string of the molecule is CC(=O)c1c(C)[nH]c(C(=O)N2CCN(S(=O)(=O)c3ccc4c(c3)OCCCO4)CC2)c1C. The van der Waals surface area contributed by atoms with Crippen molar-refractivity contribution in [2.45, 2.75) is 32.1 Å².